The van der Waals surface area contributed by atoms with Gasteiger partial charge in [0.25, 0.3) is 0 Å². The SMILES string of the molecule is BrC1(Br)CCOC1(Br)Br.OCC(CO)(CO)CO. The molecular formula is C9H16Br4O5. The van der Waals surface area contributed by atoms with E-state index in [-0.39, 0.29) is 3.23 Å². The molecule has 5 nitrogen and oxygen atoms in total. The Balaban J connectivity index is 0.000000321. The van der Waals surface area contributed by atoms with E-state index in [0.29, 0.717) is 0 Å². The van der Waals surface area contributed by atoms with E-state index in [0.717, 1.165) is 13.0 Å². The topological polar surface area (TPSA) is 90.2 Å². The van der Waals surface area contributed by atoms with Crippen LogP contribution in [-0.2, 0) is 4.74 Å². The molecule has 0 aromatic rings. The molecular weight excluding hydrogens is 508 g/mol. The third-order valence-electron chi connectivity index (χ3n) is 2.47. The quantitative estimate of drug-likeness (QED) is 0.417. The molecule has 1 aliphatic rings. The molecule has 0 bridgehead atoms. The van der Waals surface area contributed by atoms with Gasteiger partial charge in [0.15, 0.2) is 0 Å². The summed E-state index contributed by atoms with van der Waals surface area (Å²) in [5.41, 5.74) is -1.11. The van der Waals surface area contributed by atoms with Gasteiger partial charge >= 0.3 is 0 Å². The molecule has 0 atom stereocenters. The first-order chi connectivity index (χ1) is 8.20. The second-order valence-electron chi connectivity index (χ2n) is 3.95. The van der Waals surface area contributed by atoms with Crippen molar-refractivity contribution >= 4 is 63.7 Å². The van der Waals surface area contributed by atoms with Crippen molar-refractivity contribution in [2.24, 2.45) is 5.41 Å². The molecule has 0 aromatic heterocycles. The van der Waals surface area contributed by atoms with Gasteiger partial charge in [-0.15, -0.1) is 0 Å². The van der Waals surface area contributed by atoms with Gasteiger partial charge in [0, 0.05) is 6.42 Å². The maximum absolute atomic E-state index is 8.50. The number of rotatable bonds is 4. The Morgan fingerprint density at radius 1 is 0.889 bits per heavy atom. The van der Waals surface area contributed by atoms with Crippen LogP contribution >= 0.6 is 63.7 Å². The van der Waals surface area contributed by atoms with Crippen molar-refractivity contribution in [1.82, 2.24) is 0 Å². The van der Waals surface area contributed by atoms with E-state index in [1.54, 1.807) is 0 Å². The predicted molar refractivity (Wildman–Crippen MR) is 82.5 cm³/mol. The molecule has 0 radical (unpaired) electrons. The lowest BCUT2D eigenvalue weighted by molar-refractivity contribution is -0.0328. The fraction of sp³-hybridized carbons (Fsp3) is 1.00. The molecule has 1 heterocycles. The van der Waals surface area contributed by atoms with Gasteiger partial charge in [-0.1, -0.05) is 31.9 Å². The number of aliphatic hydroxyl groups excluding tert-OH is 4. The van der Waals surface area contributed by atoms with Crippen LogP contribution in [0.4, 0.5) is 0 Å². The summed E-state index contributed by atoms with van der Waals surface area (Å²) in [4.78, 5) is 0. The highest BCUT2D eigenvalue weighted by molar-refractivity contribution is 9.30. The molecule has 0 aliphatic carbocycles. The van der Waals surface area contributed by atoms with E-state index in [2.05, 4.69) is 63.7 Å². The van der Waals surface area contributed by atoms with Crippen molar-refractivity contribution in [3.63, 3.8) is 0 Å². The van der Waals surface area contributed by atoms with Crippen LogP contribution < -0.4 is 0 Å². The molecule has 0 aromatic carbocycles. The maximum Gasteiger partial charge on any atom is 0.202 e. The molecule has 1 fully saturated rings. The minimum atomic E-state index is -1.11. The van der Waals surface area contributed by atoms with E-state index in [1.165, 1.54) is 0 Å². The Morgan fingerprint density at radius 2 is 1.28 bits per heavy atom. The molecule has 1 rings (SSSR count). The number of aliphatic hydroxyl groups is 4. The van der Waals surface area contributed by atoms with E-state index in [1.807, 2.05) is 0 Å². The first kappa shape index (κ1) is 19.7. The molecule has 0 saturated carbocycles. The van der Waals surface area contributed by atoms with Crippen molar-refractivity contribution in [1.29, 1.82) is 0 Å². The Labute approximate surface area is 139 Å². The monoisotopic (exact) mass is 520 g/mol. The number of ether oxygens (including phenoxy) is 1. The lowest BCUT2D eigenvalue weighted by Crippen LogP contribution is -2.37. The number of alkyl halides is 4. The summed E-state index contributed by atoms with van der Waals surface area (Å²) in [7, 11) is 0. The van der Waals surface area contributed by atoms with Crippen LogP contribution in [0.15, 0.2) is 0 Å². The van der Waals surface area contributed by atoms with Crippen LogP contribution in [0.25, 0.3) is 0 Å². The summed E-state index contributed by atoms with van der Waals surface area (Å²) in [6, 6.07) is 0. The maximum atomic E-state index is 8.50. The average Bonchev–Trinajstić information content (AvgIpc) is 2.56. The fourth-order valence-corrected chi connectivity index (χ4v) is 2.13. The van der Waals surface area contributed by atoms with Gasteiger partial charge in [-0.2, -0.15) is 0 Å². The summed E-state index contributed by atoms with van der Waals surface area (Å²) in [6.07, 6.45) is 0.934. The Morgan fingerprint density at radius 3 is 1.33 bits per heavy atom. The average molecular weight is 524 g/mol. The zero-order chi connectivity index (χ0) is 14.4. The van der Waals surface area contributed by atoms with Crippen molar-refractivity contribution in [3.8, 4) is 0 Å². The minimum absolute atomic E-state index is 0.174. The van der Waals surface area contributed by atoms with Crippen molar-refractivity contribution in [3.05, 3.63) is 0 Å². The molecule has 0 spiro atoms. The molecule has 18 heavy (non-hydrogen) atoms. The van der Waals surface area contributed by atoms with Crippen molar-refractivity contribution in [2.45, 2.75) is 13.1 Å². The van der Waals surface area contributed by atoms with E-state index in [4.69, 9.17) is 25.2 Å². The molecule has 110 valence electrons. The zero-order valence-electron chi connectivity index (χ0n) is 9.45. The first-order valence-corrected chi connectivity index (χ1v) is 8.20. The van der Waals surface area contributed by atoms with Crippen LogP contribution in [0.3, 0.4) is 0 Å². The third kappa shape index (κ3) is 5.25. The minimum Gasteiger partial charge on any atom is -0.396 e. The summed E-state index contributed by atoms with van der Waals surface area (Å²) in [5, 5.41) is 34.0. The van der Waals surface area contributed by atoms with Crippen LogP contribution in [0, 0.1) is 5.41 Å². The molecule has 9 heteroatoms. The van der Waals surface area contributed by atoms with Gasteiger partial charge in [0.1, 0.15) is 3.23 Å². The standard InChI is InChI=1S/C5H12O4.C4H4Br4O/c6-1-5(2-7,3-8)4-9;5-3(6)1-2-9-4(3,7)8/h6-9H,1-4H2;1-2H2. The molecule has 1 aliphatic heterocycles. The van der Waals surface area contributed by atoms with Gasteiger partial charge in [0.05, 0.1) is 38.4 Å². The molecule has 4 N–H and O–H groups in total. The summed E-state index contributed by atoms with van der Waals surface area (Å²) in [6.45, 7) is -0.882. The van der Waals surface area contributed by atoms with Crippen molar-refractivity contribution in [2.75, 3.05) is 33.0 Å². The van der Waals surface area contributed by atoms with E-state index in [9.17, 15) is 0 Å². The van der Waals surface area contributed by atoms with Crippen molar-refractivity contribution < 1.29 is 25.2 Å². The Hall–Kier alpha value is 1.72. The predicted octanol–water partition coefficient (Wildman–Crippen LogP) is 1.28. The lowest BCUT2D eigenvalue weighted by Gasteiger charge is -2.24. The fourth-order valence-electron chi connectivity index (χ4n) is 0.859. The second kappa shape index (κ2) is 8.23. The molecule has 1 saturated heterocycles. The highest BCUT2D eigenvalue weighted by atomic mass is 79.9. The first-order valence-electron chi connectivity index (χ1n) is 5.03. The highest BCUT2D eigenvalue weighted by Crippen LogP contribution is 2.55. The van der Waals surface area contributed by atoms with Crippen LogP contribution in [0.5, 0.6) is 0 Å². The Kier molecular flexibility index (Phi) is 9.02. The van der Waals surface area contributed by atoms with Crippen LogP contribution in [0.1, 0.15) is 6.42 Å². The molecule has 0 amide bonds. The number of halogens is 4. The van der Waals surface area contributed by atoms with Gasteiger partial charge < -0.3 is 25.2 Å². The summed E-state index contributed by atoms with van der Waals surface area (Å²) in [5.74, 6) is 0. The van der Waals surface area contributed by atoms with Gasteiger partial charge in [-0.25, -0.2) is 0 Å². The number of hydrogen-bond donors (Lipinski definition) is 4. The zero-order valence-corrected chi connectivity index (χ0v) is 15.8. The summed E-state index contributed by atoms with van der Waals surface area (Å²) >= 11 is 13.7. The lowest BCUT2D eigenvalue weighted by atomic mass is 9.93. The smallest absolute Gasteiger partial charge is 0.202 e. The Bertz CT molecular complexity index is 214. The largest absolute Gasteiger partial charge is 0.396 e. The molecule has 0 unspecified atom stereocenters. The van der Waals surface area contributed by atoms with Gasteiger partial charge in [-0.3, -0.25) is 0 Å². The van der Waals surface area contributed by atoms with Crippen LogP contribution in [0.2, 0.25) is 0 Å². The van der Waals surface area contributed by atoms with Gasteiger partial charge in [-0.05, 0) is 31.9 Å². The van der Waals surface area contributed by atoms with E-state index >= 15 is 0 Å². The van der Waals surface area contributed by atoms with Gasteiger partial charge in [0.2, 0.25) is 3.42 Å². The second-order valence-corrected chi connectivity index (χ2v) is 11.0. The summed E-state index contributed by atoms with van der Waals surface area (Å²) < 4.78 is 4.67. The highest BCUT2D eigenvalue weighted by Gasteiger charge is 2.50. The number of hydrogen-bond acceptors (Lipinski definition) is 5. The van der Waals surface area contributed by atoms with Crippen LogP contribution in [-0.4, -0.2) is 60.1 Å². The normalized spacial score (nSPS) is 21.3. The third-order valence-corrected chi connectivity index (χ3v) is 8.32. The van der Waals surface area contributed by atoms with E-state index < -0.39 is 35.3 Å².